The van der Waals surface area contributed by atoms with Crippen molar-refractivity contribution in [3.8, 4) is 0 Å². The molecular weight excluding hydrogens is 214 g/mol. The molecule has 1 aromatic carbocycles. The van der Waals surface area contributed by atoms with E-state index in [9.17, 15) is 4.79 Å². The number of nitrogens with zero attached hydrogens (tertiary/aromatic N) is 1. The summed E-state index contributed by atoms with van der Waals surface area (Å²) in [5.74, 6) is -0.257. The number of ether oxygens (including phenoxy) is 1. The van der Waals surface area contributed by atoms with Crippen LogP contribution < -0.4 is 0 Å². The van der Waals surface area contributed by atoms with E-state index >= 15 is 0 Å². The molecule has 0 aliphatic heterocycles. The molecule has 0 atom stereocenters. The first-order valence-corrected chi connectivity index (χ1v) is 5.63. The fourth-order valence-corrected chi connectivity index (χ4v) is 1.65. The van der Waals surface area contributed by atoms with Crippen LogP contribution in [0.2, 0.25) is 0 Å². The molecule has 1 rings (SSSR count). The molecule has 0 aromatic heterocycles. The van der Waals surface area contributed by atoms with E-state index in [1.807, 2.05) is 32.2 Å². The van der Waals surface area contributed by atoms with E-state index in [0.717, 1.165) is 6.54 Å². The third-order valence-electron chi connectivity index (χ3n) is 2.53. The second kappa shape index (κ2) is 6.86. The van der Waals surface area contributed by atoms with Crippen molar-refractivity contribution in [2.45, 2.75) is 13.5 Å². The smallest absolute Gasteiger partial charge is 0.334 e. The van der Waals surface area contributed by atoms with Gasteiger partial charge < -0.3 is 4.74 Å². The van der Waals surface area contributed by atoms with Crippen LogP contribution >= 0.6 is 0 Å². The molecule has 0 amide bonds. The molecule has 0 bridgehead atoms. The molecule has 92 valence electrons. The Hall–Kier alpha value is -1.61. The molecule has 0 saturated carbocycles. The minimum absolute atomic E-state index is 0.257. The topological polar surface area (TPSA) is 29.5 Å². The zero-order valence-electron chi connectivity index (χ0n) is 10.6. The summed E-state index contributed by atoms with van der Waals surface area (Å²) in [5, 5.41) is 0. The second-order valence-electron chi connectivity index (χ2n) is 3.96. The number of methoxy groups -OCH3 is 1. The first kappa shape index (κ1) is 13.5. The van der Waals surface area contributed by atoms with E-state index in [2.05, 4.69) is 17.0 Å². The normalized spacial score (nSPS) is 11.6. The monoisotopic (exact) mass is 233 g/mol. The van der Waals surface area contributed by atoms with Gasteiger partial charge in [0, 0.05) is 18.7 Å². The molecule has 3 nitrogen and oxygen atoms in total. The van der Waals surface area contributed by atoms with Crippen LogP contribution in [-0.4, -0.2) is 31.6 Å². The van der Waals surface area contributed by atoms with Gasteiger partial charge in [-0.15, -0.1) is 0 Å². The lowest BCUT2D eigenvalue weighted by Gasteiger charge is -2.17. The van der Waals surface area contributed by atoms with E-state index in [1.165, 1.54) is 12.7 Å². The number of likely N-dealkylation sites (N-methyl/N-ethyl adjacent to an activating group) is 1. The van der Waals surface area contributed by atoms with Crippen molar-refractivity contribution >= 4 is 5.97 Å². The Balaban J connectivity index is 2.55. The summed E-state index contributed by atoms with van der Waals surface area (Å²) in [5.41, 5.74) is 1.92. The Bertz CT molecular complexity index is 384. The van der Waals surface area contributed by atoms with Crippen molar-refractivity contribution < 1.29 is 9.53 Å². The quantitative estimate of drug-likeness (QED) is 0.577. The predicted molar refractivity (Wildman–Crippen MR) is 68.5 cm³/mol. The molecule has 0 radical (unpaired) electrons. The van der Waals surface area contributed by atoms with Gasteiger partial charge in [-0.3, -0.25) is 4.90 Å². The number of esters is 1. The average molecular weight is 233 g/mol. The molecule has 3 heteroatoms. The highest BCUT2D eigenvalue weighted by atomic mass is 16.5. The lowest BCUT2D eigenvalue weighted by Crippen LogP contribution is -2.24. The van der Waals surface area contributed by atoms with E-state index in [-0.39, 0.29) is 5.97 Å². The van der Waals surface area contributed by atoms with E-state index in [4.69, 9.17) is 4.74 Å². The average Bonchev–Trinajstić information content (AvgIpc) is 2.36. The molecule has 0 spiro atoms. The maximum Gasteiger partial charge on any atom is 0.334 e. The first-order valence-electron chi connectivity index (χ1n) is 5.63. The zero-order chi connectivity index (χ0) is 12.7. The minimum Gasteiger partial charge on any atom is -0.466 e. The maximum absolute atomic E-state index is 11.4. The van der Waals surface area contributed by atoms with Crippen molar-refractivity contribution in [1.29, 1.82) is 0 Å². The van der Waals surface area contributed by atoms with Crippen LogP contribution in [0.15, 0.2) is 42.0 Å². The number of rotatable bonds is 5. The number of benzene rings is 1. The Morgan fingerprint density at radius 1 is 1.35 bits per heavy atom. The summed E-state index contributed by atoms with van der Waals surface area (Å²) in [6, 6.07) is 10.2. The fourth-order valence-electron chi connectivity index (χ4n) is 1.65. The number of hydrogen-bond donors (Lipinski definition) is 0. The Morgan fingerprint density at radius 2 is 2.00 bits per heavy atom. The van der Waals surface area contributed by atoms with Crippen molar-refractivity contribution in [2.24, 2.45) is 0 Å². The molecule has 0 aliphatic carbocycles. The molecule has 17 heavy (non-hydrogen) atoms. The van der Waals surface area contributed by atoms with Crippen molar-refractivity contribution in [3.05, 3.63) is 47.5 Å². The van der Waals surface area contributed by atoms with Gasteiger partial charge in [0.1, 0.15) is 0 Å². The van der Waals surface area contributed by atoms with Crippen molar-refractivity contribution in [2.75, 3.05) is 20.7 Å². The largest absolute Gasteiger partial charge is 0.466 e. The summed E-state index contributed by atoms with van der Waals surface area (Å²) in [6.07, 6.45) is 1.80. The van der Waals surface area contributed by atoms with Crippen molar-refractivity contribution in [1.82, 2.24) is 4.90 Å². The molecule has 0 saturated heterocycles. The van der Waals surface area contributed by atoms with Crippen molar-refractivity contribution in [3.63, 3.8) is 0 Å². The molecular formula is C14H19NO2. The molecule has 0 aliphatic rings. The van der Waals surface area contributed by atoms with Gasteiger partial charge in [-0.1, -0.05) is 36.4 Å². The van der Waals surface area contributed by atoms with E-state index < -0.39 is 0 Å². The Kier molecular flexibility index (Phi) is 5.43. The number of allylic oxidation sites excluding steroid dienone is 1. The molecule has 0 unspecified atom stereocenters. The van der Waals surface area contributed by atoms with Gasteiger partial charge in [0.25, 0.3) is 0 Å². The minimum atomic E-state index is -0.257. The van der Waals surface area contributed by atoms with Crippen LogP contribution in [0, 0.1) is 0 Å². The Labute approximate surface area is 103 Å². The van der Waals surface area contributed by atoms with Gasteiger partial charge in [0.05, 0.1) is 7.11 Å². The zero-order valence-corrected chi connectivity index (χ0v) is 10.6. The summed E-state index contributed by atoms with van der Waals surface area (Å²) < 4.78 is 4.72. The van der Waals surface area contributed by atoms with Crippen LogP contribution in [-0.2, 0) is 16.1 Å². The van der Waals surface area contributed by atoms with Gasteiger partial charge in [-0.2, -0.15) is 0 Å². The molecule has 0 fully saturated rings. The summed E-state index contributed by atoms with van der Waals surface area (Å²) in [6.45, 7) is 3.26. The second-order valence-corrected chi connectivity index (χ2v) is 3.96. The van der Waals surface area contributed by atoms with Gasteiger partial charge in [-0.05, 0) is 19.5 Å². The number of hydrogen-bond acceptors (Lipinski definition) is 3. The summed E-state index contributed by atoms with van der Waals surface area (Å²) in [7, 11) is 3.39. The van der Waals surface area contributed by atoms with Gasteiger partial charge >= 0.3 is 5.97 Å². The van der Waals surface area contributed by atoms with E-state index in [1.54, 1.807) is 6.08 Å². The third-order valence-corrected chi connectivity index (χ3v) is 2.53. The van der Waals surface area contributed by atoms with Crippen LogP contribution in [0.4, 0.5) is 0 Å². The van der Waals surface area contributed by atoms with Gasteiger partial charge in [-0.25, -0.2) is 4.79 Å². The van der Waals surface area contributed by atoms with Crippen LogP contribution in [0.5, 0.6) is 0 Å². The Morgan fingerprint density at radius 3 is 2.53 bits per heavy atom. The highest BCUT2D eigenvalue weighted by Gasteiger charge is 2.11. The van der Waals surface area contributed by atoms with E-state index in [0.29, 0.717) is 12.1 Å². The predicted octanol–water partition coefficient (Wildman–Crippen LogP) is 2.24. The summed E-state index contributed by atoms with van der Waals surface area (Å²) in [4.78, 5) is 13.5. The fraction of sp³-hybridized carbons (Fsp3) is 0.357. The maximum atomic E-state index is 11.4. The first-order chi connectivity index (χ1) is 8.17. The highest BCUT2D eigenvalue weighted by molar-refractivity contribution is 5.88. The standard InChI is InChI=1S/C14H19NO2/c1-4-13(14(16)17-3)11-15(2)10-12-8-6-5-7-9-12/h4-9H,10-11H2,1-3H3/b13-4+. The van der Waals surface area contributed by atoms with Crippen LogP contribution in [0.25, 0.3) is 0 Å². The molecule has 1 aromatic rings. The van der Waals surface area contributed by atoms with Gasteiger partial charge in [0.15, 0.2) is 0 Å². The van der Waals surface area contributed by atoms with Gasteiger partial charge in [0.2, 0.25) is 0 Å². The lowest BCUT2D eigenvalue weighted by molar-refractivity contribution is -0.136. The number of carbonyl (C=O) groups excluding carboxylic acids is 1. The summed E-state index contributed by atoms with van der Waals surface area (Å²) >= 11 is 0. The van der Waals surface area contributed by atoms with Crippen LogP contribution in [0.3, 0.4) is 0 Å². The highest BCUT2D eigenvalue weighted by Crippen LogP contribution is 2.06. The SMILES string of the molecule is C/C=C(\CN(C)Cc1ccccc1)C(=O)OC. The third kappa shape index (κ3) is 4.41. The van der Waals surface area contributed by atoms with Crippen LogP contribution in [0.1, 0.15) is 12.5 Å². The molecule has 0 N–H and O–H groups in total. The number of carbonyl (C=O) groups is 1. The molecule has 0 heterocycles. The lowest BCUT2D eigenvalue weighted by atomic mass is 10.2.